The summed E-state index contributed by atoms with van der Waals surface area (Å²) in [4.78, 5) is 15.8. The van der Waals surface area contributed by atoms with E-state index < -0.39 is 5.97 Å². The maximum Gasteiger partial charge on any atom is 0.356 e. The molecular weight excluding hydrogens is 334 g/mol. The fourth-order valence-electron chi connectivity index (χ4n) is 2.09. The number of pyridine rings is 1. The molecule has 1 aromatic carbocycles. The van der Waals surface area contributed by atoms with Crippen LogP contribution in [0.3, 0.4) is 0 Å². The van der Waals surface area contributed by atoms with Crippen molar-refractivity contribution in [2.45, 2.75) is 6.92 Å². The molecule has 2 aromatic heterocycles. The molecule has 0 aliphatic carbocycles. The highest BCUT2D eigenvalue weighted by Gasteiger charge is 2.18. The molecule has 21 heavy (non-hydrogen) atoms. The van der Waals surface area contributed by atoms with Gasteiger partial charge in [-0.25, -0.2) is 9.78 Å². The molecule has 3 rings (SSSR count). The summed E-state index contributed by atoms with van der Waals surface area (Å²) in [6.07, 6.45) is 1.68. The molecule has 0 amide bonds. The van der Waals surface area contributed by atoms with E-state index in [9.17, 15) is 9.90 Å². The Morgan fingerprint density at radius 2 is 2.14 bits per heavy atom. The quantitative estimate of drug-likeness (QED) is 0.756. The molecule has 0 spiro atoms. The lowest BCUT2D eigenvalue weighted by atomic mass is 10.2. The molecule has 6 heteroatoms. The van der Waals surface area contributed by atoms with Crippen LogP contribution in [0.2, 0.25) is 0 Å². The van der Waals surface area contributed by atoms with Crippen LogP contribution in [0, 0.1) is 6.92 Å². The van der Waals surface area contributed by atoms with Gasteiger partial charge in [0.05, 0.1) is 0 Å². The number of carboxylic acid groups (broad SMARTS) is 1. The summed E-state index contributed by atoms with van der Waals surface area (Å²) in [6.45, 7) is 1.99. The monoisotopic (exact) mass is 345 g/mol. The Hall–Kier alpha value is -2.34. The van der Waals surface area contributed by atoms with Gasteiger partial charge in [-0.1, -0.05) is 28.1 Å². The third-order valence-electron chi connectivity index (χ3n) is 3.17. The number of rotatable bonds is 3. The Morgan fingerprint density at radius 1 is 1.33 bits per heavy atom. The smallest absolute Gasteiger partial charge is 0.356 e. The molecule has 5 nitrogen and oxygen atoms in total. The van der Waals surface area contributed by atoms with E-state index in [-0.39, 0.29) is 5.69 Å². The molecule has 2 heterocycles. The number of anilines is 2. The van der Waals surface area contributed by atoms with Gasteiger partial charge >= 0.3 is 5.97 Å². The van der Waals surface area contributed by atoms with Crippen molar-refractivity contribution >= 4 is 39.1 Å². The lowest BCUT2D eigenvalue weighted by Crippen LogP contribution is -2.05. The van der Waals surface area contributed by atoms with Crippen molar-refractivity contribution in [2.24, 2.45) is 0 Å². The number of aryl methyl sites for hydroxylation is 1. The highest BCUT2D eigenvalue weighted by Crippen LogP contribution is 2.25. The molecule has 0 atom stereocenters. The molecule has 0 bridgehead atoms. The van der Waals surface area contributed by atoms with Crippen molar-refractivity contribution in [3.05, 3.63) is 58.3 Å². The van der Waals surface area contributed by atoms with Crippen LogP contribution >= 0.6 is 15.9 Å². The minimum absolute atomic E-state index is 0.113. The lowest BCUT2D eigenvalue weighted by molar-refractivity contribution is 0.0690. The fourth-order valence-corrected chi connectivity index (χ4v) is 2.47. The van der Waals surface area contributed by atoms with Crippen LogP contribution in [0.15, 0.2) is 47.1 Å². The molecule has 2 N–H and O–H groups in total. The number of fused-ring (bicyclic) bond motifs is 1. The first-order valence-electron chi connectivity index (χ1n) is 6.30. The van der Waals surface area contributed by atoms with Gasteiger partial charge in [-0.3, -0.25) is 4.40 Å². The zero-order valence-electron chi connectivity index (χ0n) is 11.2. The third kappa shape index (κ3) is 2.50. The molecule has 0 aliphatic rings. The second-order valence-corrected chi connectivity index (χ2v) is 5.49. The summed E-state index contributed by atoms with van der Waals surface area (Å²) >= 11 is 3.46. The van der Waals surface area contributed by atoms with Crippen LogP contribution < -0.4 is 5.32 Å². The van der Waals surface area contributed by atoms with E-state index in [2.05, 4.69) is 26.2 Å². The maximum absolute atomic E-state index is 11.5. The van der Waals surface area contributed by atoms with Crippen LogP contribution in [0.5, 0.6) is 0 Å². The van der Waals surface area contributed by atoms with Gasteiger partial charge in [0, 0.05) is 16.4 Å². The summed E-state index contributed by atoms with van der Waals surface area (Å²) in [7, 11) is 0. The van der Waals surface area contributed by atoms with Crippen molar-refractivity contribution < 1.29 is 9.90 Å². The average Bonchev–Trinajstić information content (AvgIpc) is 2.80. The van der Waals surface area contributed by atoms with Gasteiger partial charge < -0.3 is 10.4 Å². The molecule has 0 saturated carbocycles. The molecule has 0 fully saturated rings. The molecule has 0 unspecified atom stereocenters. The number of carboxylic acids is 1. The summed E-state index contributed by atoms with van der Waals surface area (Å²) in [5.74, 6) is -0.702. The lowest BCUT2D eigenvalue weighted by Gasteiger charge is -2.06. The topological polar surface area (TPSA) is 66.6 Å². The van der Waals surface area contributed by atoms with E-state index in [1.165, 1.54) is 0 Å². The van der Waals surface area contributed by atoms with Crippen molar-refractivity contribution in [3.63, 3.8) is 0 Å². The SMILES string of the molecule is Cc1ccc(Nc2nc3ccccn3c2C(=O)O)cc1Br. The Kier molecular flexibility index (Phi) is 3.39. The first-order valence-corrected chi connectivity index (χ1v) is 7.09. The van der Waals surface area contributed by atoms with Crippen LogP contribution in [-0.4, -0.2) is 20.5 Å². The van der Waals surface area contributed by atoms with Crippen molar-refractivity contribution in [1.82, 2.24) is 9.38 Å². The van der Waals surface area contributed by atoms with E-state index in [1.807, 2.05) is 31.2 Å². The molecule has 106 valence electrons. The van der Waals surface area contributed by atoms with Crippen LogP contribution in [0.4, 0.5) is 11.5 Å². The number of halogens is 1. The van der Waals surface area contributed by atoms with E-state index in [1.54, 1.807) is 22.7 Å². The number of aromatic nitrogens is 2. The maximum atomic E-state index is 11.5. The number of benzene rings is 1. The van der Waals surface area contributed by atoms with Gasteiger partial charge in [-0.2, -0.15) is 0 Å². The number of nitrogens with one attached hydrogen (secondary N) is 1. The average molecular weight is 346 g/mol. The number of carbonyl (C=O) groups is 1. The highest BCUT2D eigenvalue weighted by atomic mass is 79.9. The van der Waals surface area contributed by atoms with Gasteiger partial charge in [-0.15, -0.1) is 0 Å². The number of hydrogen-bond donors (Lipinski definition) is 2. The summed E-state index contributed by atoms with van der Waals surface area (Å²) in [5.41, 5.74) is 2.58. The van der Waals surface area contributed by atoms with Gasteiger partial charge in [0.25, 0.3) is 0 Å². The van der Waals surface area contributed by atoms with Gasteiger partial charge in [0.1, 0.15) is 5.65 Å². The van der Waals surface area contributed by atoms with Gasteiger partial charge in [-0.05, 0) is 36.8 Å². The predicted octanol–water partition coefficient (Wildman–Crippen LogP) is 3.85. The Bertz CT molecular complexity index is 842. The minimum Gasteiger partial charge on any atom is -0.476 e. The zero-order valence-corrected chi connectivity index (χ0v) is 12.8. The van der Waals surface area contributed by atoms with E-state index >= 15 is 0 Å². The molecule has 0 radical (unpaired) electrons. The zero-order chi connectivity index (χ0) is 15.0. The Morgan fingerprint density at radius 3 is 2.86 bits per heavy atom. The Balaban J connectivity index is 2.09. The van der Waals surface area contributed by atoms with Gasteiger partial charge in [0.15, 0.2) is 11.5 Å². The first-order chi connectivity index (χ1) is 10.1. The normalized spacial score (nSPS) is 10.8. The molecule has 0 aliphatic heterocycles. The Labute approximate surface area is 129 Å². The number of hydrogen-bond acceptors (Lipinski definition) is 3. The summed E-state index contributed by atoms with van der Waals surface area (Å²) < 4.78 is 2.50. The second kappa shape index (κ2) is 5.21. The first kappa shape index (κ1) is 13.6. The number of aromatic carboxylic acids is 1. The van der Waals surface area contributed by atoms with Gasteiger partial charge in [0.2, 0.25) is 0 Å². The van der Waals surface area contributed by atoms with E-state index in [0.29, 0.717) is 11.5 Å². The fraction of sp³-hybridized carbons (Fsp3) is 0.0667. The van der Waals surface area contributed by atoms with Crippen molar-refractivity contribution in [2.75, 3.05) is 5.32 Å². The second-order valence-electron chi connectivity index (χ2n) is 4.63. The molecule has 0 saturated heterocycles. The summed E-state index contributed by atoms with van der Waals surface area (Å²) in [5, 5.41) is 12.5. The van der Waals surface area contributed by atoms with Crippen molar-refractivity contribution in [3.8, 4) is 0 Å². The standard InChI is InChI=1S/C15H12BrN3O2/c1-9-5-6-10(8-11(9)16)17-14-13(15(20)21)19-7-3-2-4-12(19)18-14/h2-8,17H,1H3,(H,20,21). The van der Waals surface area contributed by atoms with Crippen LogP contribution in [0.1, 0.15) is 16.1 Å². The molecular formula is C15H12BrN3O2. The highest BCUT2D eigenvalue weighted by molar-refractivity contribution is 9.10. The minimum atomic E-state index is -1.03. The van der Waals surface area contributed by atoms with E-state index in [0.717, 1.165) is 15.7 Å². The van der Waals surface area contributed by atoms with E-state index in [4.69, 9.17) is 0 Å². The van der Waals surface area contributed by atoms with Crippen molar-refractivity contribution in [1.29, 1.82) is 0 Å². The number of nitrogens with zero attached hydrogens (tertiary/aromatic N) is 2. The predicted molar refractivity (Wildman–Crippen MR) is 84.3 cm³/mol. The number of imidazole rings is 1. The summed E-state index contributed by atoms with van der Waals surface area (Å²) in [6, 6.07) is 11.1. The van der Waals surface area contributed by atoms with Crippen LogP contribution in [0.25, 0.3) is 5.65 Å². The van der Waals surface area contributed by atoms with Crippen LogP contribution in [-0.2, 0) is 0 Å². The largest absolute Gasteiger partial charge is 0.476 e. The molecule has 3 aromatic rings. The third-order valence-corrected chi connectivity index (χ3v) is 4.02.